The van der Waals surface area contributed by atoms with E-state index in [1.807, 2.05) is 6.07 Å². The lowest BCUT2D eigenvalue weighted by molar-refractivity contribution is 0.258. The Morgan fingerprint density at radius 1 is 0.917 bits per heavy atom. The highest BCUT2D eigenvalue weighted by Crippen LogP contribution is 2.28. The molecule has 0 saturated heterocycles. The largest absolute Gasteiger partial charge is 0.493 e. The first kappa shape index (κ1) is 30.2. The molecule has 196 valence electrons. The third kappa shape index (κ3) is 10.2. The summed E-state index contributed by atoms with van der Waals surface area (Å²) in [6.07, 6.45) is 0. The zero-order chi connectivity index (χ0) is 27.2. The van der Waals surface area contributed by atoms with E-state index in [-0.39, 0.29) is 16.4 Å². The molecule has 0 N–H and O–H groups in total. The molecule has 1 atom stereocenters. The summed E-state index contributed by atoms with van der Waals surface area (Å²) in [5.74, 6) is 0.897. The van der Waals surface area contributed by atoms with Crippen molar-refractivity contribution in [2.75, 3.05) is 6.61 Å². The molecule has 0 aromatic heterocycles. The zero-order valence-electron chi connectivity index (χ0n) is 22.7. The van der Waals surface area contributed by atoms with Gasteiger partial charge in [-0.2, -0.15) is 5.26 Å². The van der Waals surface area contributed by atoms with Crippen LogP contribution >= 0.6 is 0 Å². The minimum atomic E-state index is -3.73. The molecule has 0 spiro atoms. The maximum Gasteiger partial charge on any atom is 0.314 e. The lowest BCUT2D eigenvalue weighted by Crippen LogP contribution is -2.53. The summed E-state index contributed by atoms with van der Waals surface area (Å²) in [5.41, 5.74) is 0.594. The van der Waals surface area contributed by atoms with E-state index in [0.717, 1.165) is 11.5 Å². The molecule has 10 heteroatoms. The second-order valence-electron chi connectivity index (χ2n) is 11.2. The van der Waals surface area contributed by atoms with Gasteiger partial charge < -0.3 is 13.0 Å². The maximum atomic E-state index is 12.6. The second-order valence-corrected chi connectivity index (χ2v) is 25.8. The van der Waals surface area contributed by atoms with E-state index in [1.165, 1.54) is 12.1 Å². The predicted molar refractivity (Wildman–Crippen MR) is 154 cm³/mol. The maximum absolute atomic E-state index is 12.6. The Morgan fingerprint density at radius 3 is 1.92 bits per heavy atom. The number of ether oxygens (including phenoxy) is 1. The molecule has 0 saturated carbocycles. The van der Waals surface area contributed by atoms with Crippen molar-refractivity contribution in [2.45, 2.75) is 63.7 Å². The quantitative estimate of drug-likeness (QED) is 0.209. The number of hydrogen-bond acceptors (Lipinski definition) is 6. The Kier molecular flexibility index (Phi) is 10.1. The first-order valence-electron chi connectivity index (χ1n) is 12.1. The monoisotopic (exact) mass is 561 g/mol. The van der Waals surface area contributed by atoms with Crippen LogP contribution in [0.5, 0.6) is 5.75 Å². The highest BCUT2D eigenvalue weighted by molar-refractivity contribution is 7.94. The molecule has 0 radical (unpaired) electrons. The molecule has 36 heavy (non-hydrogen) atoms. The van der Waals surface area contributed by atoms with Crippen LogP contribution in [0.3, 0.4) is 0 Å². The SMILES string of the molecule is CC(COc1ccc(/C(C#N)=C/S(=O)(=O)c2ccccc2)cc1)C[Si](C)(O[Si](C)(C)C)O[Si](C)(C)C. The highest BCUT2D eigenvalue weighted by atomic mass is 32.2. The van der Waals surface area contributed by atoms with Gasteiger partial charge in [-0.05, 0) is 99.8 Å². The lowest BCUT2D eigenvalue weighted by Gasteiger charge is -2.39. The Hall–Kier alpha value is -2.01. The van der Waals surface area contributed by atoms with Crippen LogP contribution in [-0.4, -0.2) is 40.2 Å². The van der Waals surface area contributed by atoms with Gasteiger partial charge in [0.15, 0.2) is 16.6 Å². The van der Waals surface area contributed by atoms with Crippen molar-refractivity contribution in [3.63, 3.8) is 0 Å². The average molecular weight is 562 g/mol. The fourth-order valence-electron chi connectivity index (χ4n) is 4.05. The minimum absolute atomic E-state index is 0.0764. The Labute approximate surface area is 220 Å². The molecule has 0 fully saturated rings. The van der Waals surface area contributed by atoms with Crippen LogP contribution in [0.1, 0.15) is 12.5 Å². The summed E-state index contributed by atoms with van der Waals surface area (Å²) in [6.45, 7) is 18.0. The topological polar surface area (TPSA) is 85.6 Å². The van der Waals surface area contributed by atoms with Crippen molar-refractivity contribution >= 4 is 40.6 Å². The van der Waals surface area contributed by atoms with E-state index in [4.69, 9.17) is 13.0 Å². The summed E-state index contributed by atoms with van der Waals surface area (Å²) >= 11 is 0. The normalized spacial score (nSPS) is 14.2. The van der Waals surface area contributed by atoms with Gasteiger partial charge in [0.05, 0.1) is 22.5 Å². The van der Waals surface area contributed by atoms with Gasteiger partial charge in [-0.1, -0.05) is 25.1 Å². The van der Waals surface area contributed by atoms with Crippen LogP contribution in [0, 0.1) is 17.2 Å². The van der Waals surface area contributed by atoms with Crippen molar-refractivity contribution in [2.24, 2.45) is 5.92 Å². The van der Waals surface area contributed by atoms with Crippen LogP contribution in [0.25, 0.3) is 5.57 Å². The van der Waals surface area contributed by atoms with Crippen molar-refractivity contribution in [3.8, 4) is 11.8 Å². The average Bonchev–Trinajstić information content (AvgIpc) is 2.74. The third-order valence-corrected chi connectivity index (χ3v) is 16.2. The number of rotatable bonds is 12. The second kappa shape index (κ2) is 12.0. The fourth-order valence-corrected chi connectivity index (χ4v) is 18.2. The molecule has 0 aliphatic carbocycles. The smallest absolute Gasteiger partial charge is 0.314 e. The molecule has 0 aliphatic heterocycles. The molecule has 6 nitrogen and oxygen atoms in total. The van der Waals surface area contributed by atoms with E-state index in [0.29, 0.717) is 17.9 Å². The predicted octanol–water partition coefficient (Wildman–Crippen LogP) is 6.81. The van der Waals surface area contributed by atoms with Gasteiger partial charge in [0.25, 0.3) is 0 Å². The van der Waals surface area contributed by atoms with Gasteiger partial charge in [0.1, 0.15) is 11.8 Å². The van der Waals surface area contributed by atoms with Gasteiger partial charge in [0, 0.05) is 0 Å². The van der Waals surface area contributed by atoms with Crippen LogP contribution in [-0.2, 0) is 18.1 Å². The Morgan fingerprint density at radius 2 is 1.44 bits per heavy atom. The molecular formula is C26H39NO5SSi3. The summed E-state index contributed by atoms with van der Waals surface area (Å²) in [7, 11) is -9.61. The Bertz CT molecular complexity index is 1160. The van der Waals surface area contributed by atoms with Gasteiger partial charge in [0.2, 0.25) is 9.84 Å². The van der Waals surface area contributed by atoms with Crippen LogP contribution in [0.15, 0.2) is 64.9 Å². The van der Waals surface area contributed by atoms with E-state index < -0.39 is 35.0 Å². The standard InChI is InChI=1S/C26H39NO5SSi3/c1-22(21-36(8,31-34(2,3)4)32-35(5,6)7)19-30-25-16-14-23(15-17-25)24(18-27)20-33(28,29)26-12-10-9-11-13-26/h9-17,20,22H,19,21H2,1-8H3/b24-20+. The first-order valence-corrected chi connectivity index (χ1v) is 23.0. The van der Waals surface area contributed by atoms with Gasteiger partial charge in [-0.15, -0.1) is 0 Å². The summed E-state index contributed by atoms with van der Waals surface area (Å²) in [5, 5.41) is 10.6. The number of nitrogens with zero attached hydrogens (tertiary/aromatic N) is 1. The van der Waals surface area contributed by atoms with Gasteiger partial charge >= 0.3 is 8.56 Å². The number of nitriles is 1. The van der Waals surface area contributed by atoms with E-state index in [1.54, 1.807) is 42.5 Å². The van der Waals surface area contributed by atoms with Crippen LogP contribution in [0.2, 0.25) is 51.9 Å². The number of sulfone groups is 1. The third-order valence-electron chi connectivity index (χ3n) is 4.93. The van der Waals surface area contributed by atoms with Gasteiger partial charge in [-0.3, -0.25) is 0 Å². The summed E-state index contributed by atoms with van der Waals surface area (Å²) in [4.78, 5) is 0.151. The molecule has 2 aromatic rings. The van der Waals surface area contributed by atoms with E-state index >= 15 is 0 Å². The zero-order valence-corrected chi connectivity index (χ0v) is 26.5. The van der Waals surface area contributed by atoms with Crippen molar-refractivity contribution in [1.29, 1.82) is 5.26 Å². The molecular weight excluding hydrogens is 523 g/mol. The highest BCUT2D eigenvalue weighted by Gasteiger charge is 2.41. The molecule has 0 amide bonds. The van der Waals surface area contributed by atoms with Gasteiger partial charge in [-0.25, -0.2) is 8.42 Å². The van der Waals surface area contributed by atoms with Crippen LogP contribution in [0.4, 0.5) is 0 Å². The molecule has 1 unspecified atom stereocenters. The molecule has 0 heterocycles. The van der Waals surface area contributed by atoms with Crippen LogP contribution < -0.4 is 4.74 Å². The first-order chi connectivity index (χ1) is 16.5. The molecule has 2 rings (SSSR count). The summed E-state index contributed by atoms with van der Waals surface area (Å²) in [6, 6.07) is 17.8. The molecule has 2 aromatic carbocycles. The molecule has 0 aliphatic rings. The minimum Gasteiger partial charge on any atom is -0.493 e. The number of hydrogen-bond donors (Lipinski definition) is 0. The molecule has 0 bridgehead atoms. The van der Waals surface area contributed by atoms with Crippen molar-refractivity contribution in [1.82, 2.24) is 0 Å². The van der Waals surface area contributed by atoms with Crippen molar-refractivity contribution in [3.05, 3.63) is 65.6 Å². The lowest BCUT2D eigenvalue weighted by atomic mass is 10.1. The van der Waals surface area contributed by atoms with E-state index in [2.05, 4.69) is 52.8 Å². The number of benzene rings is 2. The summed E-state index contributed by atoms with van der Waals surface area (Å²) < 4.78 is 44.5. The Balaban J connectivity index is 2.09. The van der Waals surface area contributed by atoms with E-state index in [9.17, 15) is 13.7 Å². The van der Waals surface area contributed by atoms with Crippen molar-refractivity contribution < 1.29 is 21.4 Å². The fraction of sp³-hybridized carbons (Fsp3) is 0.423. The number of allylic oxidation sites excluding steroid dienone is 1.